The van der Waals surface area contributed by atoms with Gasteiger partial charge in [-0.1, -0.05) is 0 Å². The summed E-state index contributed by atoms with van der Waals surface area (Å²) in [4.78, 5) is 17.3. The van der Waals surface area contributed by atoms with Crippen LogP contribution in [0.15, 0.2) is 23.3 Å². The first-order chi connectivity index (χ1) is 12.8. The highest BCUT2D eigenvalue weighted by molar-refractivity contribution is 5.24. The number of ether oxygens (including phenoxy) is 1. The predicted octanol–water partition coefficient (Wildman–Crippen LogP) is -0.489. The number of alkyl halides is 2. The standard InChI is InChI=1S/C16H20F2N6O3/c1-22-10-2-4-23(7-9(10)6-20-22)8-11-13(25)16(17,18)14(27-11)24-5-3-12(19)21-15(24)26/h3,5-6,11,13-14,25H,2,4,7-8H2,1H3,(H2,19,21,26)/t11-,13-,14-/m1/s1. The van der Waals surface area contributed by atoms with Crippen LogP contribution in [-0.4, -0.2) is 60.6 Å². The normalized spacial score (nSPS) is 27.6. The molecule has 9 nitrogen and oxygen atoms in total. The maximum atomic E-state index is 14.6. The van der Waals surface area contributed by atoms with Gasteiger partial charge in [0.05, 0.1) is 6.20 Å². The van der Waals surface area contributed by atoms with Gasteiger partial charge in [0.1, 0.15) is 18.0 Å². The summed E-state index contributed by atoms with van der Waals surface area (Å²) in [5, 5.41) is 14.4. The number of hydrogen-bond acceptors (Lipinski definition) is 7. The van der Waals surface area contributed by atoms with Crippen molar-refractivity contribution in [2.75, 3.05) is 18.8 Å². The lowest BCUT2D eigenvalue weighted by molar-refractivity contribution is -0.140. The number of aliphatic hydroxyl groups is 1. The minimum Gasteiger partial charge on any atom is -0.384 e. The molecule has 2 aromatic heterocycles. The maximum absolute atomic E-state index is 14.6. The molecule has 0 bridgehead atoms. The van der Waals surface area contributed by atoms with Crippen molar-refractivity contribution in [2.24, 2.45) is 7.05 Å². The molecular weight excluding hydrogens is 362 g/mol. The fourth-order valence-corrected chi connectivity index (χ4v) is 3.68. The second-order valence-electron chi connectivity index (χ2n) is 6.91. The molecule has 2 aromatic rings. The third kappa shape index (κ3) is 3.01. The van der Waals surface area contributed by atoms with E-state index in [0.29, 0.717) is 17.7 Å². The highest BCUT2D eigenvalue weighted by atomic mass is 19.3. The summed E-state index contributed by atoms with van der Waals surface area (Å²) in [5.41, 5.74) is 6.58. The quantitative estimate of drug-likeness (QED) is 0.737. The Hall–Kier alpha value is -2.37. The molecule has 0 aromatic carbocycles. The smallest absolute Gasteiger partial charge is 0.351 e. The number of nitrogens with two attached hydrogens (primary N) is 1. The van der Waals surface area contributed by atoms with E-state index in [2.05, 4.69) is 10.1 Å². The zero-order chi connectivity index (χ0) is 19.3. The molecule has 11 heteroatoms. The summed E-state index contributed by atoms with van der Waals surface area (Å²) < 4.78 is 37.1. The van der Waals surface area contributed by atoms with E-state index in [4.69, 9.17) is 10.5 Å². The van der Waals surface area contributed by atoms with Gasteiger partial charge in [0.15, 0.2) is 0 Å². The van der Waals surface area contributed by atoms with Crippen LogP contribution in [0.4, 0.5) is 14.6 Å². The molecule has 27 heavy (non-hydrogen) atoms. The van der Waals surface area contributed by atoms with E-state index >= 15 is 0 Å². The van der Waals surface area contributed by atoms with Gasteiger partial charge in [0, 0.05) is 50.6 Å². The van der Waals surface area contributed by atoms with Gasteiger partial charge in [-0.2, -0.15) is 18.9 Å². The van der Waals surface area contributed by atoms with Crippen molar-refractivity contribution in [2.45, 2.75) is 37.3 Å². The lowest BCUT2D eigenvalue weighted by Crippen LogP contribution is -2.44. The Morgan fingerprint density at radius 3 is 3.00 bits per heavy atom. The Bertz CT molecular complexity index is 914. The minimum atomic E-state index is -3.64. The molecule has 2 aliphatic heterocycles. The zero-order valence-corrected chi connectivity index (χ0v) is 14.6. The summed E-state index contributed by atoms with van der Waals surface area (Å²) in [7, 11) is 1.86. The van der Waals surface area contributed by atoms with Crippen LogP contribution in [0, 0.1) is 0 Å². The van der Waals surface area contributed by atoms with Crippen molar-refractivity contribution in [1.82, 2.24) is 24.2 Å². The molecule has 3 N–H and O–H groups in total. The number of nitrogens with zero attached hydrogens (tertiary/aromatic N) is 5. The Kier molecular flexibility index (Phi) is 4.24. The lowest BCUT2D eigenvalue weighted by atomic mass is 10.1. The summed E-state index contributed by atoms with van der Waals surface area (Å²) >= 11 is 0. The Balaban J connectivity index is 1.52. The molecule has 0 unspecified atom stereocenters. The number of aliphatic hydroxyl groups excluding tert-OH is 1. The molecule has 1 fully saturated rings. The summed E-state index contributed by atoms with van der Waals surface area (Å²) in [6, 6.07) is 1.23. The average molecular weight is 382 g/mol. The highest BCUT2D eigenvalue weighted by Crippen LogP contribution is 2.42. The van der Waals surface area contributed by atoms with Crippen molar-refractivity contribution >= 4 is 5.82 Å². The molecule has 1 saturated heterocycles. The third-order valence-corrected chi connectivity index (χ3v) is 5.13. The van der Waals surface area contributed by atoms with Gasteiger partial charge in [0.25, 0.3) is 0 Å². The van der Waals surface area contributed by atoms with Gasteiger partial charge in [0.2, 0.25) is 6.23 Å². The molecule has 4 rings (SSSR count). The first-order valence-corrected chi connectivity index (χ1v) is 8.55. The monoisotopic (exact) mass is 382 g/mol. The van der Waals surface area contributed by atoms with Crippen LogP contribution in [0.25, 0.3) is 0 Å². The number of rotatable bonds is 3. The molecule has 0 spiro atoms. The molecule has 0 radical (unpaired) electrons. The first-order valence-electron chi connectivity index (χ1n) is 8.55. The molecular formula is C16H20F2N6O3. The first kappa shape index (κ1) is 18.0. The second-order valence-corrected chi connectivity index (χ2v) is 6.91. The van der Waals surface area contributed by atoms with E-state index in [1.54, 1.807) is 10.9 Å². The number of nitrogen functional groups attached to an aromatic ring is 1. The van der Waals surface area contributed by atoms with Crippen LogP contribution >= 0.6 is 0 Å². The number of aryl methyl sites for hydroxylation is 1. The Morgan fingerprint density at radius 2 is 2.26 bits per heavy atom. The number of fused-ring (bicyclic) bond motifs is 1. The number of anilines is 1. The number of halogens is 2. The van der Waals surface area contributed by atoms with Crippen molar-refractivity contribution in [3.8, 4) is 0 Å². The van der Waals surface area contributed by atoms with Crippen molar-refractivity contribution in [3.63, 3.8) is 0 Å². The van der Waals surface area contributed by atoms with Gasteiger partial charge in [-0.15, -0.1) is 0 Å². The number of aromatic nitrogens is 4. The highest BCUT2D eigenvalue weighted by Gasteiger charge is 2.59. The van der Waals surface area contributed by atoms with Crippen LogP contribution in [0.2, 0.25) is 0 Å². The van der Waals surface area contributed by atoms with Crippen molar-refractivity contribution < 1.29 is 18.6 Å². The molecule has 2 aliphatic rings. The van der Waals surface area contributed by atoms with Crippen LogP contribution in [0.3, 0.4) is 0 Å². The Morgan fingerprint density at radius 1 is 1.48 bits per heavy atom. The molecule has 0 amide bonds. The average Bonchev–Trinajstić information content (AvgIpc) is 3.08. The molecule has 146 valence electrons. The topological polar surface area (TPSA) is 111 Å². The summed E-state index contributed by atoms with van der Waals surface area (Å²) in [6.07, 6.45) is -1.53. The van der Waals surface area contributed by atoms with Gasteiger partial charge in [-0.05, 0) is 6.07 Å². The molecule has 4 heterocycles. The van der Waals surface area contributed by atoms with Gasteiger partial charge < -0.3 is 15.6 Å². The van der Waals surface area contributed by atoms with E-state index in [-0.39, 0.29) is 12.4 Å². The van der Waals surface area contributed by atoms with Crippen LogP contribution in [0.1, 0.15) is 17.5 Å². The number of hydrogen-bond donors (Lipinski definition) is 2. The second kappa shape index (κ2) is 6.36. The van der Waals surface area contributed by atoms with Gasteiger partial charge in [-0.25, -0.2) is 4.79 Å². The van der Waals surface area contributed by atoms with Gasteiger partial charge in [-0.3, -0.25) is 14.1 Å². The van der Waals surface area contributed by atoms with Crippen LogP contribution < -0.4 is 11.4 Å². The summed E-state index contributed by atoms with van der Waals surface area (Å²) in [5.74, 6) is -3.71. The fourth-order valence-electron chi connectivity index (χ4n) is 3.68. The van der Waals surface area contributed by atoms with Crippen molar-refractivity contribution in [3.05, 3.63) is 40.2 Å². The molecule has 0 aliphatic carbocycles. The van der Waals surface area contributed by atoms with E-state index in [1.165, 1.54) is 6.07 Å². The SMILES string of the molecule is Cn1ncc2c1CCN(C[C@H]1O[C@@H](n3ccc(N)nc3=O)C(F)(F)[C@@H]1O)C2. The third-order valence-electron chi connectivity index (χ3n) is 5.13. The van der Waals surface area contributed by atoms with E-state index < -0.39 is 30.0 Å². The largest absolute Gasteiger partial charge is 0.384 e. The van der Waals surface area contributed by atoms with E-state index in [0.717, 1.165) is 23.9 Å². The van der Waals surface area contributed by atoms with E-state index in [9.17, 15) is 18.7 Å². The molecule has 3 atom stereocenters. The molecule has 0 saturated carbocycles. The zero-order valence-electron chi connectivity index (χ0n) is 14.6. The lowest BCUT2D eigenvalue weighted by Gasteiger charge is -2.29. The van der Waals surface area contributed by atoms with E-state index in [1.807, 2.05) is 11.9 Å². The summed E-state index contributed by atoms with van der Waals surface area (Å²) in [6.45, 7) is 1.28. The van der Waals surface area contributed by atoms with Crippen LogP contribution in [0.5, 0.6) is 0 Å². The van der Waals surface area contributed by atoms with Crippen molar-refractivity contribution in [1.29, 1.82) is 0 Å². The predicted molar refractivity (Wildman–Crippen MR) is 90.0 cm³/mol. The maximum Gasteiger partial charge on any atom is 0.351 e. The Labute approximate surface area is 153 Å². The minimum absolute atomic E-state index is 0.0738. The van der Waals surface area contributed by atoms with Crippen LogP contribution in [-0.2, 0) is 24.8 Å². The van der Waals surface area contributed by atoms with Gasteiger partial charge >= 0.3 is 11.6 Å². The fraction of sp³-hybridized carbons (Fsp3) is 0.562.